The topological polar surface area (TPSA) is 36.4 Å². The summed E-state index contributed by atoms with van der Waals surface area (Å²) in [4.78, 5) is 5.77. The van der Waals surface area contributed by atoms with Crippen molar-refractivity contribution in [1.82, 2.24) is 10.6 Å². The highest BCUT2D eigenvalue weighted by molar-refractivity contribution is 7.09. The fraction of sp³-hybridized carbons (Fsp3) is 0.500. The minimum atomic E-state index is 0.953. The summed E-state index contributed by atoms with van der Waals surface area (Å²) >= 11 is 1.81. The van der Waals surface area contributed by atoms with Crippen LogP contribution in [-0.2, 0) is 6.42 Å². The van der Waals surface area contributed by atoms with E-state index in [9.17, 15) is 0 Å². The first-order valence-electron chi connectivity index (χ1n) is 5.00. The Balaban J connectivity index is 1.70. The fourth-order valence-corrected chi connectivity index (χ4v) is 2.12. The van der Waals surface area contributed by atoms with Gasteiger partial charge in [0.2, 0.25) is 0 Å². The first kappa shape index (κ1) is 9.52. The minimum absolute atomic E-state index is 0.953. The molecule has 0 bridgehead atoms. The van der Waals surface area contributed by atoms with Gasteiger partial charge >= 0.3 is 0 Å². The minimum Gasteiger partial charge on any atom is -0.356 e. The summed E-state index contributed by atoms with van der Waals surface area (Å²) in [7, 11) is 0. The highest BCUT2D eigenvalue weighted by atomic mass is 32.1. The van der Waals surface area contributed by atoms with Crippen LogP contribution < -0.4 is 10.6 Å². The van der Waals surface area contributed by atoms with Crippen molar-refractivity contribution in [2.45, 2.75) is 12.8 Å². The van der Waals surface area contributed by atoms with Gasteiger partial charge in [0.05, 0.1) is 0 Å². The zero-order valence-corrected chi connectivity index (χ0v) is 8.94. The number of hydrogen-bond donors (Lipinski definition) is 2. The zero-order valence-electron chi connectivity index (χ0n) is 8.12. The van der Waals surface area contributed by atoms with Gasteiger partial charge in [0.15, 0.2) is 5.96 Å². The van der Waals surface area contributed by atoms with Crippen molar-refractivity contribution in [3.05, 3.63) is 22.4 Å². The van der Waals surface area contributed by atoms with Crippen LogP contribution in [0.15, 0.2) is 22.5 Å². The molecule has 76 valence electrons. The summed E-state index contributed by atoms with van der Waals surface area (Å²) in [5, 5.41) is 8.66. The van der Waals surface area contributed by atoms with E-state index in [4.69, 9.17) is 0 Å². The van der Waals surface area contributed by atoms with Gasteiger partial charge < -0.3 is 10.6 Å². The molecule has 3 nitrogen and oxygen atoms in total. The molecule has 1 aliphatic rings. The molecule has 0 fully saturated rings. The van der Waals surface area contributed by atoms with Gasteiger partial charge in [-0.15, -0.1) is 11.3 Å². The van der Waals surface area contributed by atoms with Crippen molar-refractivity contribution in [3.63, 3.8) is 0 Å². The van der Waals surface area contributed by atoms with Gasteiger partial charge in [0.25, 0.3) is 0 Å². The molecule has 0 radical (unpaired) electrons. The van der Waals surface area contributed by atoms with Crippen LogP contribution in [0.25, 0.3) is 0 Å². The maximum Gasteiger partial charge on any atom is 0.191 e. The van der Waals surface area contributed by atoms with Crippen molar-refractivity contribution in [2.75, 3.05) is 19.6 Å². The SMILES string of the molecule is c1csc(CCNC2=NCCCN2)c1. The third-order valence-corrected chi connectivity index (χ3v) is 3.08. The highest BCUT2D eigenvalue weighted by Crippen LogP contribution is 2.07. The third-order valence-electron chi connectivity index (χ3n) is 2.14. The van der Waals surface area contributed by atoms with E-state index in [1.165, 1.54) is 4.88 Å². The van der Waals surface area contributed by atoms with Crippen LogP contribution in [0.4, 0.5) is 0 Å². The first-order valence-corrected chi connectivity index (χ1v) is 5.88. The molecule has 1 aromatic heterocycles. The fourth-order valence-electron chi connectivity index (χ4n) is 1.41. The Morgan fingerprint density at radius 3 is 3.29 bits per heavy atom. The molecular formula is C10H15N3S. The van der Waals surface area contributed by atoms with Crippen LogP contribution in [0.3, 0.4) is 0 Å². The number of rotatable bonds is 3. The van der Waals surface area contributed by atoms with Crippen LogP contribution in [0.1, 0.15) is 11.3 Å². The number of guanidine groups is 1. The Morgan fingerprint density at radius 2 is 2.57 bits per heavy atom. The summed E-state index contributed by atoms with van der Waals surface area (Å²) in [6, 6.07) is 4.26. The monoisotopic (exact) mass is 209 g/mol. The molecular weight excluding hydrogens is 194 g/mol. The molecule has 0 saturated carbocycles. The van der Waals surface area contributed by atoms with E-state index >= 15 is 0 Å². The summed E-state index contributed by atoms with van der Waals surface area (Å²) < 4.78 is 0. The van der Waals surface area contributed by atoms with Gasteiger partial charge in [-0.2, -0.15) is 0 Å². The molecule has 14 heavy (non-hydrogen) atoms. The van der Waals surface area contributed by atoms with E-state index in [0.717, 1.165) is 38.4 Å². The van der Waals surface area contributed by atoms with Gasteiger partial charge in [-0.05, 0) is 24.3 Å². The summed E-state index contributed by atoms with van der Waals surface area (Å²) in [5.41, 5.74) is 0. The molecule has 1 aliphatic heterocycles. The number of nitrogens with zero attached hydrogens (tertiary/aromatic N) is 1. The molecule has 1 aromatic rings. The van der Waals surface area contributed by atoms with Gasteiger partial charge in [0.1, 0.15) is 0 Å². The van der Waals surface area contributed by atoms with Crippen LogP contribution in [-0.4, -0.2) is 25.6 Å². The Kier molecular flexibility index (Phi) is 3.40. The summed E-state index contributed by atoms with van der Waals surface area (Å²) in [6.07, 6.45) is 2.23. The van der Waals surface area contributed by atoms with Crippen LogP contribution in [0.5, 0.6) is 0 Å². The van der Waals surface area contributed by atoms with Gasteiger partial charge in [-0.1, -0.05) is 6.07 Å². The molecule has 0 amide bonds. The van der Waals surface area contributed by atoms with Crippen LogP contribution in [0.2, 0.25) is 0 Å². The molecule has 2 N–H and O–H groups in total. The van der Waals surface area contributed by atoms with Crippen LogP contribution in [0, 0.1) is 0 Å². The van der Waals surface area contributed by atoms with Gasteiger partial charge in [-0.25, -0.2) is 0 Å². The van der Waals surface area contributed by atoms with Gasteiger partial charge in [0, 0.05) is 24.5 Å². The van der Waals surface area contributed by atoms with Crippen molar-refractivity contribution < 1.29 is 0 Å². The van der Waals surface area contributed by atoms with Crippen molar-refractivity contribution >= 4 is 17.3 Å². The Bertz CT molecular complexity index is 292. The number of nitrogens with one attached hydrogen (secondary N) is 2. The smallest absolute Gasteiger partial charge is 0.191 e. The molecule has 2 rings (SSSR count). The molecule has 0 aliphatic carbocycles. The zero-order chi connectivity index (χ0) is 9.64. The second kappa shape index (κ2) is 5.00. The molecule has 0 aromatic carbocycles. The molecule has 4 heteroatoms. The van der Waals surface area contributed by atoms with Crippen molar-refractivity contribution in [1.29, 1.82) is 0 Å². The van der Waals surface area contributed by atoms with Crippen LogP contribution >= 0.6 is 11.3 Å². The largest absolute Gasteiger partial charge is 0.356 e. The molecule has 2 heterocycles. The lowest BCUT2D eigenvalue weighted by Crippen LogP contribution is -2.41. The molecule has 0 spiro atoms. The Labute approximate surface area is 88.3 Å². The quantitative estimate of drug-likeness (QED) is 0.785. The standard InChI is InChI=1S/C10H15N3S/c1-3-9(14-8-1)4-7-13-10-11-5-2-6-12-10/h1,3,8H,2,4-7H2,(H2,11,12,13). The van der Waals surface area contributed by atoms with E-state index in [0.29, 0.717) is 0 Å². The van der Waals surface area contributed by atoms with E-state index < -0.39 is 0 Å². The van der Waals surface area contributed by atoms with E-state index in [1.54, 1.807) is 0 Å². The lowest BCUT2D eigenvalue weighted by atomic mass is 10.3. The van der Waals surface area contributed by atoms with E-state index in [2.05, 4.69) is 33.1 Å². The third kappa shape index (κ3) is 2.73. The second-order valence-electron chi connectivity index (χ2n) is 3.27. The van der Waals surface area contributed by atoms with Crippen molar-refractivity contribution in [3.8, 4) is 0 Å². The first-order chi connectivity index (χ1) is 6.95. The number of thiophene rings is 1. The van der Waals surface area contributed by atoms with E-state index in [-0.39, 0.29) is 0 Å². The average Bonchev–Trinajstić information content (AvgIpc) is 2.72. The molecule has 0 atom stereocenters. The predicted molar refractivity (Wildman–Crippen MR) is 60.9 cm³/mol. The normalized spacial score (nSPS) is 15.9. The molecule has 0 unspecified atom stereocenters. The van der Waals surface area contributed by atoms with Gasteiger partial charge in [-0.3, -0.25) is 4.99 Å². The summed E-state index contributed by atoms with van der Waals surface area (Å²) in [5.74, 6) is 0.966. The highest BCUT2D eigenvalue weighted by Gasteiger charge is 2.02. The maximum atomic E-state index is 4.35. The summed E-state index contributed by atoms with van der Waals surface area (Å²) in [6.45, 7) is 2.96. The Morgan fingerprint density at radius 1 is 1.57 bits per heavy atom. The molecule has 0 saturated heterocycles. The number of aliphatic imine (C=N–C) groups is 1. The lowest BCUT2D eigenvalue weighted by Gasteiger charge is -2.15. The lowest BCUT2D eigenvalue weighted by molar-refractivity contribution is 0.701. The van der Waals surface area contributed by atoms with E-state index in [1.807, 2.05) is 11.3 Å². The Hall–Kier alpha value is -1.03. The number of hydrogen-bond acceptors (Lipinski definition) is 4. The maximum absolute atomic E-state index is 4.35. The predicted octanol–water partition coefficient (Wildman–Crippen LogP) is 1.23. The average molecular weight is 209 g/mol. The second-order valence-corrected chi connectivity index (χ2v) is 4.30. The van der Waals surface area contributed by atoms with Crippen molar-refractivity contribution in [2.24, 2.45) is 4.99 Å².